The molecule has 3 rings (SSSR count). The van der Waals surface area contributed by atoms with Crippen LogP contribution in [0.5, 0.6) is 11.5 Å². The highest BCUT2D eigenvalue weighted by Gasteiger charge is 2.29. The molecule has 1 aromatic carbocycles. The molecule has 112 valence electrons. The molecule has 6 nitrogen and oxygen atoms in total. The van der Waals surface area contributed by atoms with Crippen LogP contribution in [0, 0.1) is 5.92 Å². The van der Waals surface area contributed by atoms with E-state index in [9.17, 15) is 9.59 Å². The minimum Gasteiger partial charge on any atom is -0.454 e. The quantitative estimate of drug-likeness (QED) is 0.860. The molecule has 1 N–H and O–H groups in total. The summed E-state index contributed by atoms with van der Waals surface area (Å²) in [5.41, 5.74) is 0.579. The van der Waals surface area contributed by atoms with Gasteiger partial charge in [0, 0.05) is 11.8 Å². The molecule has 0 aromatic heterocycles. The Morgan fingerprint density at radius 3 is 2.76 bits per heavy atom. The van der Waals surface area contributed by atoms with E-state index in [2.05, 4.69) is 5.32 Å². The zero-order chi connectivity index (χ0) is 14.8. The SMILES string of the molecule is C[C@@H](OC(=O)C1CCC1)C(=O)Nc1ccc2c(c1)OCO2. The summed E-state index contributed by atoms with van der Waals surface area (Å²) in [7, 11) is 0. The molecule has 1 saturated carbocycles. The first-order chi connectivity index (χ1) is 10.1. The van der Waals surface area contributed by atoms with Gasteiger partial charge in [-0.25, -0.2) is 0 Å². The van der Waals surface area contributed by atoms with Gasteiger partial charge in [-0.05, 0) is 31.9 Å². The van der Waals surface area contributed by atoms with Gasteiger partial charge in [0.1, 0.15) is 0 Å². The molecule has 0 radical (unpaired) electrons. The number of anilines is 1. The van der Waals surface area contributed by atoms with Gasteiger partial charge in [-0.1, -0.05) is 6.42 Å². The van der Waals surface area contributed by atoms with Gasteiger partial charge in [-0.15, -0.1) is 0 Å². The topological polar surface area (TPSA) is 73.9 Å². The van der Waals surface area contributed by atoms with Crippen molar-refractivity contribution in [2.24, 2.45) is 5.92 Å². The minimum absolute atomic E-state index is 0.0363. The van der Waals surface area contributed by atoms with Crippen LogP contribution < -0.4 is 14.8 Å². The van der Waals surface area contributed by atoms with Gasteiger partial charge < -0.3 is 19.5 Å². The average Bonchev–Trinajstić information content (AvgIpc) is 2.83. The Labute approximate surface area is 122 Å². The van der Waals surface area contributed by atoms with Crippen LogP contribution in [0.15, 0.2) is 18.2 Å². The number of rotatable bonds is 4. The minimum atomic E-state index is -0.816. The summed E-state index contributed by atoms with van der Waals surface area (Å²) < 4.78 is 15.6. The van der Waals surface area contributed by atoms with Crippen LogP contribution in [0.4, 0.5) is 5.69 Å². The summed E-state index contributed by atoms with van der Waals surface area (Å²) >= 11 is 0. The molecule has 0 unspecified atom stereocenters. The highest BCUT2D eigenvalue weighted by molar-refractivity contribution is 5.95. The highest BCUT2D eigenvalue weighted by atomic mass is 16.7. The highest BCUT2D eigenvalue weighted by Crippen LogP contribution is 2.34. The number of carbonyl (C=O) groups excluding carboxylic acids is 2. The number of fused-ring (bicyclic) bond motifs is 1. The Kier molecular flexibility index (Phi) is 3.68. The molecule has 1 aliphatic carbocycles. The Balaban J connectivity index is 1.56. The first-order valence-electron chi connectivity index (χ1n) is 7.04. The summed E-state index contributed by atoms with van der Waals surface area (Å²) in [6.45, 7) is 1.75. The lowest BCUT2D eigenvalue weighted by atomic mass is 9.86. The Morgan fingerprint density at radius 1 is 1.29 bits per heavy atom. The van der Waals surface area contributed by atoms with Crippen molar-refractivity contribution in [2.45, 2.75) is 32.3 Å². The van der Waals surface area contributed by atoms with E-state index in [1.165, 1.54) is 0 Å². The summed E-state index contributed by atoms with van der Waals surface area (Å²) in [6.07, 6.45) is 1.95. The molecule has 1 amide bonds. The number of hydrogen-bond acceptors (Lipinski definition) is 5. The first-order valence-corrected chi connectivity index (χ1v) is 7.04. The first kappa shape index (κ1) is 13.7. The molecule has 1 aromatic rings. The molecule has 6 heteroatoms. The van der Waals surface area contributed by atoms with Crippen LogP contribution in [0.3, 0.4) is 0 Å². The van der Waals surface area contributed by atoms with E-state index in [0.717, 1.165) is 19.3 Å². The van der Waals surface area contributed by atoms with E-state index in [4.69, 9.17) is 14.2 Å². The zero-order valence-corrected chi connectivity index (χ0v) is 11.8. The second kappa shape index (κ2) is 5.63. The largest absolute Gasteiger partial charge is 0.454 e. The van der Waals surface area contributed by atoms with Gasteiger partial charge in [0.2, 0.25) is 6.79 Å². The maximum atomic E-state index is 12.0. The fraction of sp³-hybridized carbons (Fsp3) is 0.467. The van der Waals surface area contributed by atoms with Crippen molar-refractivity contribution < 1.29 is 23.8 Å². The maximum absolute atomic E-state index is 12.0. The molecule has 1 atom stereocenters. The van der Waals surface area contributed by atoms with E-state index >= 15 is 0 Å². The molecule has 0 saturated heterocycles. The van der Waals surface area contributed by atoms with E-state index in [-0.39, 0.29) is 24.6 Å². The van der Waals surface area contributed by atoms with Crippen molar-refractivity contribution in [3.63, 3.8) is 0 Å². The lowest BCUT2D eigenvalue weighted by molar-refractivity contribution is -0.159. The third kappa shape index (κ3) is 2.94. The van der Waals surface area contributed by atoms with Crippen LogP contribution in [-0.4, -0.2) is 24.8 Å². The normalized spacial score (nSPS) is 17.8. The van der Waals surface area contributed by atoms with Crippen molar-refractivity contribution >= 4 is 17.6 Å². The maximum Gasteiger partial charge on any atom is 0.309 e. The number of carbonyl (C=O) groups is 2. The molecule has 1 heterocycles. The van der Waals surface area contributed by atoms with Gasteiger partial charge in [0.15, 0.2) is 17.6 Å². The van der Waals surface area contributed by atoms with Gasteiger partial charge in [-0.2, -0.15) is 0 Å². The fourth-order valence-electron chi connectivity index (χ4n) is 2.19. The van der Waals surface area contributed by atoms with Crippen molar-refractivity contribution in [3.05, 3.63) is 18.2 Å². The van der Waals surface area contributed by atoms with Crippen molar-refractivity contribution in [1.82, 2.24) is 0 Å². The number of esters is 1. The Hall–Kier alpha value is -2.24. The monoisotopic (exact) mass is 291 g/mol. The zero-order valence-electron chi connectivity index (χ0n) is 11.8. The van der Waals surface area contributed by atoms with E-state index in [0.29, 0.717) is 17.2 Å². The van der Waals surface area contributed by atoms with Gasteiger partial charge in [-0.3, -0.25) is 9.59 Å². The number of ether oxygens (including phenoxy) is 3. The van der Waals surface area contributed by atoms with Gasteiger partial charge in [0.05, 0.1) is 5.92 Å². The Bertz CT molecular complexity index is 567. The molecule has 1 aliphatic heterocycles. The molecule has 0 bridgehead atoms. The van der Waals surface area contributed by atoms with Gasteiger partial charge >= 0.3 is 5.97 Å². The predicted molar refractivity (Wildman–Crippen MR) is 74.1 cm³/mol. The van der Waals surface area contributed by atoms with Crippen LogP contribution in [-0.2, 0) is 14.3 Å². The summed E-state index contributed by atoms with van der Waals surface area (Å²) in [6, 6.07) is 5.12. The molecular formula is C15H17NO5. The predicted octanol–water partition coefficient (Wildman–Crippen LogP) is 2.09. The number of hydrogen-bond donors (Lipinski definition) is 1. The second-order valence-corrected chi connectivity index (χ2v) is 5.26. The smallest absolute Gasteiger partial charge is 0.309 e. The third-order valence-electron chi connectivity index (χ3n) is 3.74. The number of amides is 1. The Morgan fingerprint density at radius 2 is 2.05 bits per heavy atom. The van der Waals surface area contributed by atoms with Crippen molar-refractivity contribution in [2.75, 3.05) is 12.1 Å². The third-order valence-corrected chi connectivity index (χ3v) is 3.74. The number of nitrogens with one attached hydrogen (secondary N) is 1. The molecule has 21 heavy (non-hydrogen) atoms. The lowest BCUT2D eigenvalue weighted by Gasteiger charge is -2.24. The van der Waals surface area contributed by atoms with E-state index in [1.54, 1.807) is 25.1 Å². The number of benzene rings is 1. The molecular weight excluding hydrogens is 274 g/mol. The van der Waals surface area contributed by atoms with Gasteiger partial charge in [0.25, 0.3) is 5.91 Å². The van der Waals surface area contributed by atoms with Crippen LogP contribution >= 0.6 is 0 Å². The van der Waals surface area contributed by atoms with E-state index < -0.39 is 6.10 Å². The summed E-state index contributed by atoms with van der Waals surface area (Å²) in [5, 5.41) is 2.70. The standard InChI is InChI=1S/C15H17NO5/c1-9(21-15(18)10-3-2-4-10)14(17)16-11-5-6-12-13(7-11)20-8-19-12/h5-7,9-10H,2-4,8H2,1H3,(H,16,17)/t9-/m1/s1. The lowest BCUT2D eigenvalue weighted by Crippen LogP contribution is -2.34. The van der Waals surface area contributed by atoms with Crippen molar-refractivity contribution in [3.8, 4) is 11.5 Å². The summed E-state index contributed by atoms with van der Waals surface area (Å²) in [4.78, 5) is 23.7. The second-order valence-electron chi connectivity index (χ2n) is 5.26. The van der Waals surface area contributed by atoms with Crippen LogP contribution in [0.25, 0.3) is 0 Å². The molecule has 1 fully saturated rings. The summed E-state index contributed by atoms with van der Waals surface area (Å²) in [5.74, 6) is 0.561. The molecule has 0 spiro atoms. The fourth-order valence-corrected chi connectivity index (χ4v) is 2.19. The van der Waals surface area contributed by atoms with Crippen LogP contribution in [0.2, 0.25) is 0 Å². The van der Waals surface area contributed by atoms with E-state index in [1.807, 2.05) is 0 Å². The van der Waals surface area contributed by atoms with Crippen LogP contribution in [0.1, 0.15) is 26.2 Å². The molecule has 2 aliphatic rings. The average molecular weight is 291 g/mol. The van der Waals surface area contributed by atoms with Crippen molar-refractivity contribution in [1.29, 1.82) is 0 Å².